The van der Waals surface area contributed by atoms with Crippen molar-refractivity contribution in [2.24, 2.45) is 10.9 Å². The highest BCUT2D eigenvalue weighted by molar-refractivity contribution is 14.0. The molecule has 0 aliphatic carbocycles. The van der Waals surface area contributed by atoms with Crippen LogP contribution >= 0.6 is 35.7 Å². The van der Waals surface area contributed by atoms with Gasteiger partial charge in [-0.3, -0.25) is 4.99 Å². The first kappa shape index (κ1) is 24.2. The minimum absolute atomic E-state index is 0. The van der Waals surface area contributed by atoms with Crippen LogP contribution in [0.5, 0.6) is 5.75 Å². The number of nitrogens with one attached hydrogen (secondary N) is 2. The van der Waals surface area contributed by atoms with Crippen molar-refractivity contribution in [3.8, 4) is 5.75 Å². The number of para-hydroxylation sites is 2. The summed E-state index contributed by atoms with van der Waals surface area (Å²) in [6, 6.07) is 8.27. The fourth-order valence-corrected chi connectivity index (χ4v) is 3.72. The first-order valence-electron chi connectivity index (χ1n) is 9.67. The van der Waals surface area contributed by atoms with Crippen LogP contribution in [0.3, 0.4) is 0 Å². The maximum Gasteiger partial charge on any atom is 0.191 e. The second-order valence-electron chi connectivity index (χ2n) is 6.62. The summed E-state index contributed by atoms with van der Waals surface area (Å²) in [6.07, 6.45) is 5.78. The summed E-state index contributed by atoms with van der Waals surface area (Å²) in [5, 5.41) is 6.82. The summed E-state index contributed by atoms with van der Waals surface area (Å²) in [7, 11) is 1.74. The largest absolute Gasteiger partial charge is 0.495 e. The van der Waals surface area contributed by atoms with Gasteiger partial charge in [0.1, 0.15) is 5.75 Å². The molecular weight excluding hydrogens is 471 g/mol. The molecule has 1 aromatic carbocycles. The number of unbranched alkanes of at least 4 members (excludes halogenated alkanes) is 1. The van der Waals surface area contributed by atoms with Crippen molar-refractivity contribution in [2.45, 2.75) is 26.2 Å². The molecule has 27 heavy (non-hydrogen) atoms. The highest BCUT2D eigenvalue weighted by Gasteiger charge is 2.24. The maximum atomic E-state index is 5.50. The Hall–Kier alpha value is -0.830. The van der Waals surface area contributed by atoms with Crippen LogP contribution in [-0.4, -0.2) is 57.8 Å². The fourth-order valence-electron chi connectivity index (χ4n) is 3.23. The molecule has 5 nitrogen and oxygen atoms in total. The number of benzene rings is 1. The van der Waals surface area contributed by atoms with Crippen LogP contribution in [0.2, 0.25) is 0 Å². The van der Waals surface area contributed by atoms with E-state index in [0.29, 0.717) is 5.92 Å². The molecular formula is C20H35IN4OS. The molecule has 0 spiro atoms. The molecule has 0 radical (unpaired) electrons. The first-order valence-corrected chi connectivity index (χ1v) is 11.1. The van der Waals surface area contributed by atoms with E-state index in [-0.39, 0.29) is 24.0 Å². The number of halogens is 1. The van der Waals surface area contributed by atoms with Crippen LogP contribution in [0.1, 0.15) is 26.2 Å². The van der Waals surface area contributed by atoms with Gasteiger partial charge in [-0.05, 0) is 56.2 Å². The lowest BCUT2D eigenvalue weighted by atomic mass is 10.1. The van der Waals surface area contributed by atoms with Crippen LogP contribution in [0.4, 0.5) is 5.69 Å². The van der Waals surface area contributed by atoms with Crippen molar-refractivity contribution in [2.75, 3.05) is 56.7 Å². The smallest absolute Gasteiger partial charge is 0.191 e. The summed E-state index contributed by atoms with van der Waals surface area (Å²) in [5.74, 6) is 3.73. The van der Waals surface area contributed by atoms with Gasteiger partial charge >= 0.3 is 0 Å². The van der Waals surface area contributed by atoms with E-state index in [1.54, 1.807) is 7.11 Å². The number of ether oxygens (including phenoxy) is 1. The van der Waals surface area contributed by atoms with Gasteiger partial charge in [0.25, 0.3) is 0 Å². The number of thioether (sulfide) groups is 1. The number of anilines is 1. The molecule has 1 saturated heterocycles. The van der Waals surface area contributed by atoms with Gasteiger partial charge in [-0.15, -0.1) is 24.0 Å². The third kappa shape index (κ3) is 8.37. The molecule has 1 atom stereocenters. The van der Waals surface area contributed by atoms with Gasteiger partial charge in [0.05, 0.1) is 12.8 Å². The van der Waals surface area contributed by atoms with E-state index >= 15 is 0 Å². The number of hydrogen-bond donors (Lipinski definition) is 2. The van der Waals surface area contributed by atoms with E-state index in [0.717, 1.165) is 44.4 Å². The normalized spacial score (nSPS) is 16.8. The van der Waals surface area contributed by atoms with Crippen molar-refractivity contribution in [3.63, 3.8) is 0 Å². The van der Waals surface area contributed by atoms with E-state index < -0.39 is 0 Å². The zero-order valence-corrected chi connectivity index (χ0v) is 20.0. The Labute approximate surface area is 186 Å². The summed E-state index contributed by atoms with van der Waals surface area (Å²) >= 11 is 1.91. The summed E-state index contributed by atoms with van der Waals surface area (Å²) in [4.78, 5) is 7.23. The average molecular weight is 506 g/mol. The molecule has 2 N–H and O–H groups in total. The molecule has 1 unspecified atom stereocenters. The van der Waals surface area contributed by atoms with Crippen LogP contribution in [-0.2, 0) is 0 Å². The summed E-state index contributed by atoms with van der Waals surface area (Å²) in [6.45, 7) is 6.98. The molecule has 1 aromatic rings. The van der Waals surface area contributed by atoms with Crippen molar-refractivity contribution in [1.82, 2.24) is 10.6 Å². The van der Waals surface area contributed by atoms with Gasteiger partial charge in [0.2, 0.25) is 0 Å². The van der Waals surface area contributed by atoms with Crippen LogP contribution in [0.15, 0.2) is 29.3 Å². The number of rotatable bonds is 10. The molecule has 2 rings (SSSR count). The summed E-state index contributed by atoms with van der Waals surface area (Å²) in [5.41, 5.74) is 1.19. The molecule has 7 heteroatoms. The van der Waals surface area contributed by atoms with Gasteiger partial charge in [-0.25, -0.2) is 0 Å². The second kappa shape index (κ2) is 14.2. The Kier molecular flexibility index (Phi) is 12.7. The number of hydrogen-bond acceptors (Lipinski definition) is 4. The third-order valence-electron chi connectivity index (χ3n) is 4.63. The number of methoxy groups -OCH3 is 1. The standard InChI is InChI=1S/C20H34N4OS.HI/c1-4-21-20(22-12-7-8-14-26-3)23-15-17-11-13-24(16-17)18-9-5-6-10-19(18)25-2;/h5-6,9-10,17H,4,7-8,11-16H2,1-3H3,(H2,21,22,23);1H. The lowest BCUT2D eigenvalue weighted by molar-refractivity contribution is 0.414. The number of nitrogens with zero attached hydrogens (tertiary/aromatic N) is 2. The molecule has 154 valence electrons. The van der Waals surface area contributed by atoms with Crippen molar-refractivity contribution >= 4 is 47.4 Å². The van der Waals surface area contributed by atoms with Gasteiger partial charge in [-0.1, -0.05) is 12.1 Å². The lowest BCUT2D eigenvalue weighted by Gasteiger charge is -2.21. The lowest BCUT2D eigenvalue weighted by Crippen LogP contribution is -2.38. The van der Waals surface area contributed by atoms with Crippen LogP contribution < -0.4 is 20.3 Å². The van der Waals surface area contributed by atoms with E-state index in [4.69, 9.17) is 9.73 Å². The Morgan fingerprint density at radius 1 is 1.30 bits per heavy atom. The molecule has 1 fully saturated rings. The van der Waals surface area contributed by atoms with E-state index in [1.807, 2.05) is 23.9 Å². The van der Waals surface area contributed by atoms with E-state index in [1.165, 1.54) is 30.7 Å². The van der Waals surface area contributed by atoms with Gasteiger partial charge in [0, 0.05) is 32.7 Å². The predicted octanol–water partition coefficient (Wildman–Crippen LogP) is 3.84. The molecule has 1 aliphatic rings. The highest BCUT2D eigenvalue weighted by atomic mass is 127. The zero-order valence-electron chi connectivity index (χ0n) is 16.9. The predicted molar refractivity (Wildman–Crippen MR) is 130 cm³/mol. The number of aliphatic imine (C=N–C) groups is 1. The molecule has 1 aliphatic heterocycles. The summed E-state index contributed by atoms with van der Waals surface area (Å²) < 4.78 is 5.50. The third-order valence-corrected chi connectivity index (χ3v) is 5.33. The van der Waals surface area contributed by atoms with Crippen molar-refractivity contribution in [3.05, 3.63) is 24.3 Å². The van der Waals surface area contributed by atoms with Gasteiger partial charge in [-0.2, -0.15) is 11.8 Å². The Bertz CT molecular complexity index is 559. The molecule has 0 bridgehead atoms. The van der Waals surface area contributed by atoms with E-state index in [9.17, 15) is 0 Å². The Morgan fingerprint density at radius 3 is 2.85 bits per heavy atom. The maximum absolute atomic E-state index is 5.50. The minimum Gasteiger partial charge on any atom is -0.495 e. The van der Waals surface area contributed by atoms with Crippen LogP contribution in [0, 0.1) is 5.92 Å². The minimum atomic E-state index is 0. The average Bonchev–Trinajstić information content (AvgIpc) is 3.14. The van der Waals surface area contributed by atoms with Crippen molar-refractivity contribution < 1.29 is 4.74 Å². The quantitative estimate of drug-likeness (QED) is 0.219. The first-order chi connectivity index (χ1) is 12.8. The molecule has 0 amide bonds. The fraction of sp³-hybridized carbons (Fsp3) is 0.650. The van der Waals surface area contributed by atoms with E-state index in [2.05, 4.69) is 40.8 Å². The second-order valence-corrected chi connectivity index (χ2v) is 7.60. The SMILES string of the molecule is CCNC(=NCC1CCN(c2ccccc2OC)C1)NCCCCSC.I. The van der Waals surface area contributed by atoms with Crippen molar-refractivity contribution in [1.29, 1.82) is 0 Å². The van der Waals surface area contributed by atoms with Gasteiger partial charge < -0.3 is 20.3 Å². The van der Waals surface area contributed by atoms with Crippen LogP contribution in [0.25, 0.3) is 0 Å². The van der Waals surface area contributed by atoms with Gasteiger partial charge in [0.15, 0.2) is 5.96 Å². The monoisotopic (exact) mass is 506 g/mol. The molecule has 0 aromatic heterocycles. The zero-order chi connectivity index (χ0) is 18.6. The Balaban J connectivity index is 0.00000364. The topological polar surface area (TPSA) is 48.9 Å². The molecule has 0 saturated carbocycles. The Morgan fingerprint density at radius 2 is 2.11 bits per heavy atom. The number of guanidine groups is 1. The highest BCUT2D eigenvalue weighted by Crippen LogP contribution is 2.31. The molecule has 1 heterocycles.